The minimum Gasteiger partial charge on any atom is -0.444 e. The van der Waals surface area contributed by atoms with Crippen molar-refractivity contribution in [2.45, 2.75) is 46.6 Å². The number of rotatable bonds is 6. The van der Waals surface area contributed by atoms with Gasteiger partial charge in [-0.15, -0.1) is 24.0 Å². The first kappa shape index (κ1) is 27.7. The molecule has 1 aliphatic heterocycles. The molecule has 2 heterocycles. The Morgan fingerprint density at radius 2 is 1.97 bits per heavy atom. The van der Waals surface area contributed by atoms with E-state index in [9.17, 15) is 4.79 Å². The summed E-state index contributed by atoms with van der Waals surface area (Å²) in [6.07, 6.45) is 0.576. The van der Waals surface area contributed by atoms with Crippen LogP contribution in [0.15, 0.2) is 4.99 Å². The van der Waals surface area contributed by atoms with E-state index in [1.165, 1.54) is 11.5 Å². The SMILES string of the molecule is CCc1nsc(N2CCN(C(=NC)NCC(C)CN(C)C(=O)OC(C)(C)C)CC2)n1.I. The number of amides is 1. The molecule has 11 heteroatoms. The molecule has 0 aromatic carbocycles. The molecule has 178 valence electrons. The smallest absolute Gasteiger partial charge is 0.410 e. The minimum atomic E-state index is -0.482. The van der Waals surface area contributed by atoms with Crippen LogP contribution in [0.4, 0.5) is 9.93 Å². The summed E-state index contributed by atoms with van der Waals surface area (Å²) in [6, 6.07) is 0. The van der Waals surface area contributed by atoms with Gasteiger partial charge in [-0.25, -0.2) is 9.78 Å². The fourth-order valence-corrected chi connectivity index (χ4v) is 3.97. The van der Waals surface area contributed by atoms with Gasteiger partial charge in [0.15, 0.2) is 5.96 Å². The fourth-order valence-electron chi connectivity index (χ4n) is 3.17. The number of halogens is 1. The van der Waals surface area contributed by atoms with Gasteiger partial charge in [-0.2, -0.15) is 4.37 Å². The topological polar surface area (TPSA) is 86.2 Å². The lowest BCUT2D eigenvalue weighted by molar-refractivity contribution is 0.0277. The number of guanidine groups is 1. The van der Waals surface area contributed by atoms with Crippen molar-refractivity contribution in [1.29, 1.82) is 0 Å². The zero-order valence-corrected chi connectivity index (χ0v) is 23.0. The van der Waals surface area contributed by atoms with Crippen LogP contribution in [-0.2, 0) is 11.2 Å². The maximum Gasteiger partial charge on any atom is 0.410 e. The van der Waals surface area contributed by atoms with E-state index in [-0.39, 0.29) is 36.0 Å². The van der Waals surface area contributed by atoms with Crippen LogP contribution in [-0.4, -0.2) is 90.2 Å². The molecule has 0 bridgehead atoms. The van der Waals surface area contributed by atoms with Gasteiger partial charge in [0.2, 0.25) is 5.13 Å². The van der Waals surface area contributed by atoms with Crippen molar-refractivity contribution in [2.75, 3.05) is 58.3 Å². The number of carbonyl (C=O) groups is 1. The van der Waals surface area contributed by atoms with Gasteiger partial charge in [-0.05, 0) is 26.7 Å². The van der Waals surface area contributed by atoms with Crippen LogP contribution in [0.25, 0.3) is 0 Å². The largest absolute Gasteiger partial charge is 0.444 e. The zero-order valence-electron chi connectivity index (χ0n) is 19.8. The maximum absolute atomic E-state index is 12.1. The summed E-state index contributed by atoms with van der Waals surface area (Å²) in [7, 11) is 3.58. The number of nitrogens with one attached hydrogen (secondary N) is 1. The van der Waals surface area contributed by atoms with E-state index in [1.807, 2.05) is 27.8 Å². The summed E-state index contributed by atoms with van der Waals surface area (Å²) in [5.41, 5.74) is -0.482. The molecule has 1 unspecified atom stereocenters. The zero-order chi connectivity index (χ0) is 22.3. The van der Waals surface area contributed by atoms with Crippen molar-refractivity contribution in [3.8, 4) is 0 Å². The normalized spacial score (nSPS) is 15.9. The summed E-state index contributed by atoms with van der Waals surface area (Å²) in [6.45, 7) is 14.7. The van der Waals surface area contributed by atoms with Crippen LogP contribution in [0.1, 0.15) is 40.4 Å². The predicted molar refractivity (Wildman–Crippen MR) is 138 cm³/mol. The third-order valence-corrected chi connectivity index (χ3v) is 5.55. The molecule has 0 saturated carbocycles. The highest BCUT2D eigenvalue weighted by atomic mass is 127. The van der Waals surface area contributed by atoms with Gasteiger partial charge in [0, 0.05) is 71.3 Å². The number of aliphatic imine (C=N–C) groups is 1. The second-order valence-electron chi connectivity index (χ2n) is 8.71. The van der Waals surface area contributed by atoms with Crippen LogP contribution >= 0.6 is 35.5 Å². The van der Waals surface area contributed by atoms with Gasteiger partial charge in [-0.3, -0.25) is 4.99 Å². The molecule has 1 aromatic rings. The lowest BCUT2D eigenvalue weighted by Crippen LogP contribution is -2.53. The number of hydrogen-bond acceptors (Lipinski definition) is 7. The van der Waals surface area contributed by atoms with Gasteiger partial charge in [-0.1, -0.05) is 13.8 Å². The van der Waals surface area contributed by atoms with E-state index in [4.69, 9.17) is 4.74 Å². The van der Waals surface area contributed by atoms with E-state index in [2.05, 4.69) is 43.3 Å². The van der Waals surface area contributed by atoms with Gasteiger partial charge >= 0.3 is 6.09 Å². The first-order valence-electron chi connectivity index (χ1n) is 10.6. The number of hydrogen-bond donors (Lipinski definition) is 1. The second-order valence-corrected chi connectivity index (χ2v) is 9.45. The predicted octanol–water partition coefficient (Wildman–Crippen LogP) is 2.92. The molecule has 0 radical (unpaired) electrons. The minimum absolute atomic E-state index is 0. The number of carbonyl (C=O) groups excluding carboxylic acids is 1. The standard InChI is InChI=1S/C20H37N7O2S.HI/c1-8-16-23-18(30-24-16)27-11-9-26(10-12-27)17(21-6)22-13-15(2)14-25(7)19(28)29-20(3,4)5;/h15H,8-14H2,1-7H3,(H,21,22);1H. The van der Waals surface area contributed by atoms with Crippen molar-refractivity contribution in [2.24, 2.45) is 10.9 Å². The summed E-state index contributed by atoms with van der Waals surface area (Å²) in [5.74, 6) is 2.07. The van der Waals surface area contributed by atoms with Gasteiger partial charge in [0.25, 0.3) is 0 Å². The highest BCUT2D eigenvalue weighted by Crippen LogP contribution is 2.19. The number of piperazine rings is 1. The van der Waals surface area contributed by atoms with Crippen molar-refractivity contribution < 1.29 is 9.53 Å². The molecule has 0 aliphatic carbocycles. The number of aromatic nitrogens is 2. The molecule has 2 rings (SSSR count). The molecule has 1 atom stereocenters. The van der Waals surface area contributed by atoms with Crippen LogP contribution in [0.3, 0.4) is 0 Å². The first-order chi connectivity index (χ1) is 14.1. The summed E-state index contributed by atoms with van der Waals surface area (Å²) in [5, 5.41) is 4.46. The summed E-state index contributed by atoms with van der Waals surface area (Å²) < 4.78 is 9.81. The summed E-state index contributed by atoms with van der Waals surface area (Å²) in [4.78, 5) is 27.4. The lowest BCUT2D eigenvalue weighted by atomic mass is 10.1. The highest BCUT2D eigenvalue weighted by molar-refractivity contribution is 14.0. The monoisotopic (exact) mass is 567 g/mol. The highest BCUT2D eigenvalue weighted by Gasteiger charge is 2.23. The van der Waals surface area contributed by atoms with Crippen molar-refractivity contribution in [3.63, 3.8) is 0 Å². The third-order valence-electron chi connectivity index (χ3n) is 4.73. The Bertz CT molecular complexity index is 715. The van der Waals surface area contributed by atoms with E-state index < -0.39 is 5.60 Å². The molecular formula is C20H38IN7O2S. The first-order valence-corrected chi connectivity index (χ1v) is 11.4. The van der Waals surface area contributed by atoms with E-state index in [1.54, 1.807) is 11.9 Å². The Kier molecular flexibility index (Phi) is 11.3. The summed E-state index contributed by atoms with van der Waals surface area (Å²) >= 11 is 1.48. The Morgan fingerprint density at radius 3 is 2.48 bits per heavy atom. The van der Waals surface area contributed by atoms with Crippen LogP contribution in [0.5, 0.6) is 0 Å². The fraction of sp³-hybridized carbons (Fsp3) is 0.800. The Balaban J connectivity index is 0.00000480. The Morgan fingerprint density at radius 1 is 1.32 bits per heavy atom. The van der Waals surface area contributed by atoms with Gasteiger partial charge in [0.1, 0.15) is 11.4 Å². The average Bonchev–Trinajstić information content (AvgIpc) is 3.17. The molecular weight excluding hydrogens is 529 g/mol. The Labute approximate surface area is 207 Å². The van der Waals surface area contributed by atoms with Crippen molar-refractivity contribution in [3.05, 3.63) is 5.82 Å². The van der Waals surface area contributed by atoms with Crippen LogP contribution < -0.4 is 10.2 Å². The molecule has 1 aromatic heterocycles. The van der Waals surface area contributed by atoms with E-state index >= 15 is 0 Å². The van der Waals surface area contributed by atoms with E-state index in [0.29, 0.717) is 6.54 Å². The number of nitrogens with zero attached hydrogens (tertiary/aromatic N) is 6. The van der Waals surface area contributed by atoms with Gasteiger partial charge in [0.05, 0.1) is 0 Å². The number of ether oxygens (including phenoxy) is 1. The Hall–Kier alpha value is -1.37. The molecule has 1 saturated heterocycles. The molecule has 1 amide bonds. The second kappa shape index (κ2) is 12.6. The molecule has 1 aliphatic rings. The van der Waals surface area contributed by atoms with E-state index in [0.717, 1.165) is 56.1 Å². The molecule has 0 spiro atoms. The molecule has 31 heavy (non-hydrogen) atoms. The number of anilines is 1. The molecule has 9 nitrogen and oxygen atoms in total. The third kappa shape index (κ3) is 8.95. The van der Waals surface area contributed by atoms with Crippen LogP contribution in [0, 0.1) is 5.92 Å². The quantitative estimate of drug-likeness (QED) is 0.322. The molecule has 1 N–H and O–H groups in total. The number of aryl methyl sites for hydroxylation is 1. The average molecular weight is 568 g/mol. The lowest BCUT2D eigenvalue weighted by Gasteiger charge is -2.36. The van der Waals surface area contributed by atoms with Crippen LogP contribution in [0.2, 0.25) is 0 Å². The maximum atomic E-state index is 12.1. The van der Waals surface area contributed by atoms with Gasteiger partial charge < -0.3 is 24.8 Å². The van der Waals surface area contributed by atoms with Crippen molar-refractivity contribution in [1.82, 2.24) is 24.5 Å². The molecule has 1 fully saturated rings. The van der Waals surface area contributed by atoms with Crippen molar-refractivity contribution >= 4 is 52.7 Å².